The maximum atomic E-state index is 5.80. The quantitative estimate of drug-likeness (QED) is 0.532. The molecule has 1 rings (SSSR count). The van der Waals surface area contributed by atoms with Crippen LogP contribution in [0.4, 0.5) is 5.69 Å². The van der Waals surface area contributed by atoms with E-state index < -0.39 is 0 Å². The maximum Gasteiger partial charge on any atom is 0.125 e. The van der Waals surface area contributed by atoms with Gasteiger partial charge in [-0.3, -0.25) is 0 Å². The van der Waals surface area contributed by atoms with Gasteiger partial charge < -0.3 is 15.2 Å². The second-order valence-electron chi connectivity index (χ2n) is 4.43. The van der Waals surface area contributed by atoms with E-state index in [2.05, 4.69) is 6.92 Å². The van der Waals surface area contributed by atoms with E-state index >= 15 is 0 Å². The van der Waals surface area contributed by atoms with E-state index in [-0.39, 0.29) is 0 Å². The molecule has 3 heteroatoms. The van der Waals surface area contributed by atoms with Crippen molar-refractivity contribution >= 4 is 5.69 Å². The molecule has 0 aliphatic rings. The Hall–Kier alpha value is -1.38. The summed E-state index contributed by atoms with van der Waals surface area (Å²) in [4.78, 5) is 0. The number of anilines is 1. The van der Waals surface area contributed by atoms with Crippen LogP contribution in [0.2, 0.25) is 0 Å². The molecule has 0 bridgehead atoms. The first-order valence-corrected chi connectivity index (χ1v) is 6.92. The van der Waals surface area contributed by atoms with Crippen molar-refractivity contribution in [2.24, 2.45) is 0 Å². The largest absolute Gasteiger partial charge is 0.494 e. The van der Waals surface area contributed by atoms with Gasteiger partial charge in [0.05, 0.1) is 13.2 Å². The molecular weight excluding hydrogens is 226 g/mol. The van der Waals surface area contributed by atoms with Gasteiger partial charge in [-0.1, -0.05) is 32.6 Å². The average Bonchev–Trinajstić information content (AvgIpc) is 2.33. The van der Waals surface area contributed by atoms with E-state index in [1.807, 2.05) is 25.1 Å². The van der Waals surface area contributed by atoms with Crippen LogP contribution in [-0.4, -0.2) is 13.2 Å². The van der Waals surface area contributed by atoms with Gasteiger partial charge in [0.15, 0.2) is 0 Å². The molecule has 18 heavy (non-hydrogen) atoms. The topological polar surface area (TPSA) is 44.5 Å². The van der Waals surface area contributed by atoms with Gasteiger partial charge in [-0.15, -0.1) is 0 Å². The Kier molecular flexibility index (Phi) is 7.07. The highest BCUT2D eigenvalue weighted by Crippen LogP contribution is 2.24. The number of nitrogens with two attached hydrogens (primary N) is 1. The minimum absolute atomic E-state index is 0.639. The zero-order chi connectivity index (χ0) is 13.2. The van der Waals surface area contributed by atoms with Crippen molar-refractivity contribution in [1.82, 2.24) is 0 Å². The molecule has 0 saturated carbocycles. The minimum Gasteiger partial charge on any atom is -0.494 e. The number of hydrogen-bond acceptors (Lipinski definition) is 3. The zero-order valence-corrected chi connectivity index (χ0v) is 11.6. The van der Waals surface area contributed by atoms with Crippen LogP contribution in [0.5, 0.6) is 11.5 Å². The molecule has 0 heterocycles. The Morgan fingerprint density at radius 3 is 2.22 bits per heavy atom. The number of ether oxygens (including phenoxy) is 2. The van der Waals surface area contributed by atoms with E-state index in [1.165, 1.54) is 25.7 Å². The molecule has 0 radical (unpaired) electrons. The second-order valence-corrected chi connectivity index (χ2v) is 4.43. The average molecular weight is 251 g/mol. The second kappa shape index (κ2) is 8.67. The van der Waals surface area contributed by atoms with Crippen LogP contribution in [-0.2, 0) is 0 Å². The van der Waals surface area contributed by atoms with E-state index in [9.17, 15) is 0 Å². The lowest BCUT2D eigenvalue weighted by Gasteiger charge is -2.10. The third-order valence-corrected chi connectivity index (χ3v) is 2.73. The normalized spacial score (nSPS) is 10.3. The highest BCUT2D eigenvalue weighted by Gasteiger charge is 2.00. The summed E-state index contributed by atoms with van der Waals surface area (Å²) in [6.45, 7) is 5.56. The molecule has 0 unspecified atom stereocenters. The third-order valence-electron chi connectivity index (χ3n) is 2.73. The summed E-state index contributed by atoms with van der Waals surface area (Å²) in [5, 5.41) is 0. The van der Waals surface area contributed by atoms with Crippen molar-refractivity contribution < 1.29 is 9.47 Å². The number of hydrogen-bond donors (Lipinski definition) is 1. The van der Waals surface area contributed by atoms with Gasteiger partial charge in [-0.2, -0.15) is 0 Å². The number of nitrogen functional groups attached to an aromatic ring is 1. The lowest BCUT2D eigenvalue weighted by Crippen LogP contribution is -1.99. The van der Waals surface area contributed by atoms with Crippen molar-refractivity contribution in [3.63, 3.8) is 0 Å². The summed E-state index contributed by atoms with van der Waals surface area (Å²) in [6, 6.07) is 5.55. The van der Waals surface area contributed by atoms with E-state index in [0.717, 1.165) is 24.5 Å². The first-order chi connectivity index (χ1) is 8.76. The molecule has 0 atom stereocenters. The highest BCUT2D eigenvalue weighted by molar-refractivity contribution is 5.50. The fourth-order valence-electron chi connectivity index (χ4n) is 1.82. The number of benzene rings is 1. The predicted octanol–water partition coefficient (Wildman–Crippen LogP) is 4.02. The van der Waals surface area contributed by atoms with Crippen molar-refractivity contribution in [2.75, 3.05) is 18.9 Å². The molecule has 0 amide bonds. The Morgan fingerprint density at radius 2 is 1.56 bits per heavy atom. The summed E-state index contributed by atoms with van der Waals surface area (Å²) < 4.78 is 11.1. The summed E-state index contributed by atoms with van der Waals surface area (Å²) in [5.74, 6) is 1.58. The fraction of sp³-hybridized carbons (Fsp3) is 0.600. The van der Waals surface area contributed by atoms with Crippen LogP contribution < -0.4 is 15.2 Å². The van der Waals surface area contributed by atoms with Crippen LogP contribution >= 0.6 is 0 Å². The summed E-state index contributed by atoms with van der Waals surface area (Å²) in [7, 11) is 0. The molecule has 0 aliphatic carbocycles. The van der Waals surface area contributed by atoms with Gasteiger partial charge in [0.25, 0.3) is 0 Å². The zero-order valence-electron chi connectivity index (χ0n) is 11.6. The minimum atomic E-state index is 0.639. The molecular formula is C15H25NO2. The lowest BCUT2D eigenvalue weighted by molar-refractivity contribution is 0.299. The molecule has 0 aliphatic heterocycles. The van der Waals surface area contributed by atoms with Crippen LogP contribution in [0, 0.1) is 0 Å². The lowest BCUT2D eigenvalue weighted by atomic mass is 10.2. The SMILES string of the molecule is CCCCCCCOc1cc(N)cc(OCC)c1. The Labute approximate surface area is 110 Å². The molecule has 2 N–H and O–H groups in total. The molecule has 1 aromatic rings. The standard InChI is InChI=1S/C15H25NO2/c1-3-5-6-7-8-9-18-15-11-13(16)10-14(12-15)17-4-2/h10-12H,3-9,16H2,1-2H3. The summed E-state index contributed by atoms with van der Waals surface area (Å²) >= 11 is 0. The van der Waals surface area contributed by atoms with Gasteiger partial charge in [-0.25, -0.2) is 0 Å². The molecule has 0 aromatic heterocycles. The first-order valence-electron chi connectivity index (χ1n) is 6.92. The van der Waals surface area contributed by atoms with Crippen molar-refractivity contribution in [3.8, 4) is 11.5 Å². The van der Waals surface area contributed by atoms with Gasteiger partial charge in [-0.05, 0) is 13.3 Å². The van der Waals surface area contributed by atoms with Crippen LogP contribution in [0.25, 0.3) is 0 Å². The molecule has 0 spiro atoms. The Morgan fingerprint density at radius 1 is 0.889 bits per heavy atom. The van der Waals surface area contributed by atoms with Gasteiger partial charge in [0, 0.05) is 23.9 Å². The Bertz CT molecular complexity index is 339. The van der Waals surface area contributed by atoms with E-state index in [1.54, 1.807) is 0 Å². The smallest absolute Gasteiger partial charge is 0.125 e. The van der Waals surface area contributed by atoms with E-state index in [0.29, 0.717) is 12.3 Å². The Balaban J connectivity index is 2.32. The fourth-order valence-corrected chi connectivity index (χ4v) is 1.82. The van der Waals surface area contributed by atoms with Gasteiger partial charge >= 0.3 is 0 Å². The summed E-state index contributed by atoms with van der Waals surface area (Å²) in [5.41, 5.74) is 6.48. The van der Waals surface area contributed by atoms with E-state index in [4.69, 9.17) is 15.2 Å². The monoisotopic (exact) mass is 251 g/mol. The van der Waals surface area contributed by atoms with Crippen molar-refractivity contribution in [2.45, 2.75) is 46.0 Å². The molecule has 1 aromatic carbocycles. The molecule has 102 valence electrons. The van der Waals surface area contributed by atoms with Crippen LogP contribution in [0.15, 0.2) is 18.2 Å². The molecule has 0 saturated heterocycles. The molecule has 0 fully saturated rings. The van der Waals surface area contributed by atoms with Crippen molar-refractivity contribution in [1.29, 1.82) is 0 Å². The van der Waals surface area contributed by atoms with Crippen LogP contribution in [0.3, 0.4) is 0 Å². The number of rotatable bonds is 9. The van der Waals surface area contributed by atoms with Crippen molar-refractivity contribution in [3.05, 3.63) is 18.2 Å². The summed E-state index contributed by atoms with van der Waals surface area (Å²) in [6.07, 6.45) is 6.20. The van der Waals surface area contributed by atoms with Gasteiger partial charge in [0.2, 0.25) is 0 Å². The molecule has 3 nitrogen and oxygen atoms in total. The maximum absolute atomic E-state index is 5.80. The number of unbranched alkanes of at least 4 members (excludes halogenated alkanes) is 4. The highest BCUT2D eigenvalue weighted by atomic mass is 16.5. The third kappa shape index (κ3) is 5.80. The van der Waals surface area contributed by atoms with Crippen LogP contribution in [0.1, 0.15) is 46.0 Å². The first kappa shape index (κ1) is 14.7. The van der Waals surface area contributed by atoms with Gasteiger partial charge in [0.1, 0.15) is 11.5 Å². The predicted molar refractivity (Wildman–Crippen MR) is 76.3 cm³/mol.